The normalized spacial score (nSPS) is 15.3. The van der Waals surface area contributed by atoms with Crippen LogP contribution in [0.2, 0.25) is 0 Å². The lowest BCUT2D eigenvalue weighted by atomic mass is 10.0. The molecule has 2 atom stereocenters. The third-order valence-corrected chi connectivity index (χ3v) is 4.96. The number of hydrogen-bond acceptors (Lipinski definition) is 3. The van der Waals surface area contributed by atoms with Crippen molar-refractivity contribution in [2.75, 3.05) is 6.54 Å². The highest BCUT2D eigenvalue weighted by Gasteiger charge is 2.28. The van der Waals surface area contributed by atoms with Crippen LogP contribution in [0.15, 0.2) is 15.9 Å². The van der Waals surface area contributed by atoms with E-state index in [-0.39, 0.29) is 6.04 Å². The maximum atomic E-state index is 6.38. The quantitative estimate of drug-likeness (QED) is 0.801. The van der Waals surface area contributed by atoms with Gasteiger partial charge in [-0.15, -0.1) is 11.3 Å². The Morgan fingerprint density at radius 2 is 2.00 bits per heavy atom. The zero-order valence-corrected chi connectivity index (χ0v) is 14.2. The van der Waals surface area contributed by atoms with Crippen molar-refractivity contribution < 1.29 is 0 Å². The molecule has 0 aromatic carbocycles. The van der Waals surface area contributed by atoms with E-state index in [1.807, 2.05) is 0 Å². The Kier molecular flexibility index (Phi) is 6.85. The van der Waals surface area contributed by atoms with Crippen molar-refractivity contribution in [2.24, 2.45) is 5.73 Å². The minimum Gasteiger partial charge on any atom is -0.326 e. The molecule has 0 saturated heterocycles. The summed E-state index contributed by atoms with van der Waals surface area (Å²) < 4.78 is 1.19. The van der Waals surface area contributed by atoms with Gasteiger partial charge >= 0.3 is 0 Å². The van der Waals surface area contributed by atoms with Crippen molar-refractivity contribution >= 4 is 27.3 Å². The summed E-state index contributed by atoms with van der Waals surface area (Å²) in [6, 6.07) is 5.39. The Morgan fingerprint density at radius 1 is 1.33 bits per heavy atom. The Balaban J connectivity index is 3.02. The van der Waals surface area contributed by atoms with Crippen molar-refractivity contribution in [1.82, 2.24) is 4.90 Å². The minimum atomic E-state index is 0.199. The second kappa shape index (κ2) is 7.63. The fourth-order valence-electron chi connectivity index (χ4n) is 2.31. The first-order valence-corrected chi connectivity index (χ1v) is 8.38. The molecule has 1 aromatic rings. The summed E-state index contributed by atoms with van der Waals surface area (Å²) in [5.74, 6) is 0. The maximum Gasteiger partial charge on any atom is 0.0702 e. The van der Waals surface area contributed by atoms with Gasteiger partial charge in [0.1, 0.15) is 0 Å². The number of nitrogens with two attached hydrogens (primary N) is 1. The van der Waals surface area contributed by atoms with Gasteiger partial charge < -0.3 is 5.73 Å². The number of halogens is 1. The Labute approximate surface area is 124 Å². The van der Waals surface area contributed by atoms with Crippen molar-refractivity contribution in [2.45, 2.75) is 58.7 Å². The number of thiophene rings is 1. The fourth-order valence-corrected chi connectivity index (χ4v) is 3.93. The van der Waals surface area contributed by atoms with Gasteiger partial charge in [0.15, 0.2) is 0 Å². The lowest BCUT2D eigenvalue weighted by Gasteiger charge is -2.37. The third-order valence-electron chi connectivity index (χ3n) is 3.26. The molecule has 0 bridgehead atoms. The predicted octanol–water partition coefficient (Wildman–Crippen LogP) is 4.41. The van der Waals surface area contributed by atoms with Crippen LogP contribution in [0.1, 0.15) is 51.5 Å². The summed E-state index contributed by atoms with van der Waals surface area (Å²) in [5, 5.41) is 0. The van der Waals surface area contributed by atoms with E-state index >= 15 is 0 Å². The first-order valence-electron chi connectivity index (χ1n) is 6.77. The summed E-state index contributed by atoms with van der Waals surface area (Å²) in [7, 11) is 0. The molecule has 104 valence electrons. The first-order chi connectivity index (χ1) is 8.51. The molecule has 1 aromatic heterocycles. The summed E-state index contributed by atoms with van der Waals surface area (Å²) in [6.07, 6.45) is 2.17. The molecule has 1 rings (SSSR count). The largest absolute Gasteiger partial charge is 0.326 e. The smallest absolute Gasteiger partial charge is 0.0702 e. The fraction of sp³-hybridized carbons (Fsp3) is 0.714. The molecule has 0 aliphatic heterocycles. The highest BCUT2D eigenvalue weighted by Crippen LogP contribution is 2.34. The molecule has 0 aliphatic carbocycles. The molecule has 1 heterocycles. The van der Waals surface area contributed by atoms with Crippen LogP contribution in [0, 0.1) is 0 Å². The van der Waals surface area contributed by atoms with Gasteiger partial charge in [-0.1, -0.05) is 13.8 Å². The van der Waals surface area contributed by atoms with E-state index in [4.69, 9.17) is 5.73 Å². The standard InChI is InChI=1S/C14H25BrN2S/c1-5-9-17(10(3)4)14(11(16)6-2)12-7-8-13(15)18-12/h7-8,10-11,14H,5-6,9,16H2,1-4H3. The molecule has 0 saturated carbocycles. The number of rotatable bonds is 7. The molecule has 0 spiro atoms. The van der Waals surface area contributed by atoms with Gasteiger partial charge in [-0.05, 0) is 61.3 Å². The van der Waals surface area contributed by atoms with Gasteiger partial charge in [0, 0.05) is 17.0 Å². The second-order valence-corrected chi connectivity index (χ2v) is 7.48. The van der Waals surface area contributed by atoms with Crippen molar-refractivity contribution in [3.8, 4) is 0 Å². The molecule has 2 N–H and O–H groups in total. The number of nitrogens with zero attached hydrogens (tertiary/aromatic N) is 1. The molecule has 18 heavy (non-hydrogen) atoms. The van der Waals surface area contributed by atoms with Crippen molar-refractivity contribution in [1.29, 1.82) is 0 Å². The van der Waals surface area contributed by atoms with Crippen molar-refractivity contribution in [3.63, 3.8) is 0 Å². The Bertz CT molecular complexity index is 351. The summed E-state index contributed by atoms with van der Waals surface area (Å²) in [4.78, 5) is 3.91. The summed E-state index contributed by atoms with van der Waals surface area (Å²) in [5.41, 5.74) is 6.38. The third kappa shape index (κ3) is 4.05. The van der Waals surface area contributed by atoms with Gasteiger partial charge in [0.25, 0.3) is 0 Å². The van der Waals surface area contributed by atoms with Crippen LogP contribution >= 0.6 is 27.3 Å². The van der Waals surface area contributed by atoms with E-state index < -0.39 is 0 Å². The van der Waals surface area contributed by atoms with Crippen LogP contribution < -0.4 is 5.73 Å². The maximum absolute atomic E-state index is 6.38. The minimum absolute atomic E-state index is 0.199. The summed E-state index contributed by atoms with van der Waals surface area (Å²) >= 11 is 5.36. The predicted molar refractivity (Wildman–Crippen MR) is 85.2 cm³/mol. The van der Waals surface area contributed by atoms with Gasteiger partial charge in [-0.25, -0.2) is 0 Å². The van der Waals surface area contributed by atoms with Crippen LogP contribution in [0.3, 0.4) is 0 Å². The van der Waals surface area contributed by atoms with E-state index in [1.54, 1.807) is 11.3 Å². The van der Waals surface area contributed by atoms with Crippen LogP contribution in [-0.2, 0) is 0 Å². The molecular weight excluding hydrogens is 308 g/mol. The highest BCUT2D eigenvalue weighted by molar-refractivity contribution is 9.11. The molecule has 0 radical (unpaired) electrons. The first kappa shape index (κ1) is 16.2. The van der Waals surface area contributed by atoms with E-state index in [9.17, 15) is 0 Å². The molecule has 0 aliphatic rings. The van der Waals surface area contributed by atoms with Crippen LogP contribution in [0.25, 0.3) is 0 Å². The highest BCUT2D eigenvalue weighted by atomic mass is 79.9. The van der Waals surface area contributed by atoms with E-state index in [0.29, 0.717) is 12.1 Å². The van der Waals surface area contributed by atoms with E-state index in [2.05, 4.69) is 60.7 Å². The average molecular weight is 333 g/mol. The zero-order valence-electron chi connectivity index (χ0n) is 11.8. The van der Waals surface area contributed by atoms with Crippen LogP contribution in [0.4, 0.5) is 0 Å². The van der Waals surface area contributed by atoms with Gasteiger partial charge in [-0.3, -0.25) is 4.90 Å². The zero-order chi connectivity index (χ0) is 13.7. The molecule has 4 heteroatoms. The SMILES string of the molecule is CCCN(C(C)C)C(c1ccc(Br)s1)C(N)CC. The Morgan fingerprint density at radius 3 is 2.39 bits per heavy atom. The van der Waals surface area contributed by atoms with E-state index in [1.165, 1.54) is 8.66 Å². The topological polar surface area (TPSA) is 29.3 Å². The number of hydrogen-bond donors (Lipinski definition) is 1. The van der Waals surface area contributed by atoms with Gasteiger partial charge in [0.2, 0.25) is 0 Å². The van der Waals surface area contributed by atoms with Crippen LogP contribution in [-0.4, -0.2) is 23.5 Å². The second-order valence-electron chi connectivity index (χ2n) is 4.99. The summed E-state index contributed by atoms with van der Waals surface area (Å²) in [6.45, 7) is 10.0. The average Bonchev–Trinajstić information content (AvgIpc) is 2.74. The molecule has 0 amide bonds. The molecule has 2 unspecified atom stereocenters. The molecule has 2 nitrogen and oxygen atoms in total. The molecular formula is C14H25BrN2S. The monoisotopic (exact) mass is 332 g/mol. The van der Waals surface area contributed by atoms with Crippen molar-refractivity contribution in [3.05, 3.63) is 20.8 Å². The van der Waals surface area contributed by atoms with E-state index in [0.717, 1.165) is 19.4 Å². The van der Waals surface area contributed by atoms with Gasteiger partial charge in [0.05, 0.1) is 9.83 Å². The lowest BCUT2D eigenvalue weighted by Crippen LogP contribution is -2.44. The van der Waals surface area contributed by atoms with Crippen LogP contribution in [0.5, 0.6) is 0 Å². The van der Waals surface area contributed by atoms with Gasteiger partial charge in [-0.2, -0.15) is 0 Å². The molecule has 0 fully saturated rings. The Hall–Kier alpha value is 0.1000. The lowest BCUT2D eigenvalue weighted by molar-refractivity contribution is 0.132.